The zero-order valence-corrected chi connectivity index (χ0v) is 23.8. The standard InChI is InChI=1S/C32H37N3O4S/c1-24-9-8-12-27(19-24)21-34(31(36)23-40-22-26-15-17-29(18-16-26)35(38)39)30(20-25-10-4-2-5-11-25)32(37)33-28-13-6-3-7-14-28/h2,4-5,8-12,15-19,28,30H,3,6-7,13-14,20-23H2,1H3,(H,33,37)/t30-/m1/s1. The molecule has 210 valence electrons. The molecule has 8 heteroatoms. The fourth-order valence-electron chi connectivity index (χ4n) is 5.16. The molecule has 7 nitrogen and oxygen atoms in total. The molecule has 1 fully saturated rings. The van der Waals surface area contributed by atoms with Gasteiger partial charge in [-0.1, -0.05) is 91.6 Å². The Morgan fingerprint density at radius 3 is 2.33 bits per heavy atom. The second-order valence-electron chi connectivity index (χ2n) is 10.5. The molecule has 40 heavy (non-hydrogen) atoms. The molecule has 0 heterocycles. The number of rotatable bonds is 12. The number of aryl methyl sites for hydroxylation is 1. The summed E-state index contributed by atoms with van der Waals surface area (Å²) in [7, 11) is 0. The summed E-state index contributed by atoms with van der Waals surface area (Å²) in [5.41, 5.74) is 4.04. The van der Waals surface area contributed by atoms with E-state index in [1.165, 1.54) is 30.3 Å². The number of nitro benzene ring substituents is 1. The minimum absolute atomic E-state index is 0.0434. The van der Waals surface area contributed by atoms with E-state index in [4.69, 9.17) is 0 Å². The lowest BCUT2D eigenvalue weighted by molar-refractivity contribution is -0.384. The van der Waals surface area contributed by atoms with Crippen LogP contribution in [0.1, 0.15) is 54.4 Å². The Morgan fingerprint density at radius 1 is 0.950 bits per heavy atom. The van der Waals surface area contributed by atoms with Crippen molar-refractivity contribution in [3.05, 3.63) is 111 Å². The molecule has 0 bridgehead atoms. The van der Waals surface area contributed by atoms with Crippen LogP contribution in [-0.2, 0) is 28.3 Å². The fraction of sp³-hybridized carbons (Fsp3) is 0.375. The van der Waals surface area contributed by atoms with Gasteiger partial charge in [0.2, 0.25) is 11.8 Å². The van der Waals surface area contributed by atoms with Gasteiger partial charge in [0.15, 0.2) is 0 Å². The number of hydrogen-bond donors (Lipinski definition) is 1. The second kappa shape index (κ2) is 14.7. The number of nitrogens with zero attached hydrogens (tertiary/aromatic N) is 2. The molecule has 1 atom stereocenters. The van der Waals surface area contributed by atoms with Crippen molar-refractivity contribution in [2.24, 2.45) is 0 Å². The van der Waals surface area contributed by atoms with Crippen LogP contribution in [0.3, 0.4) is 0 Å². The molecule has 0 unspecified atom stereocenters. The number of benzene rings is 3. The lowest BCUT2D eigenvalue weighted by Gasteiger charge is -2.33. The lowest BCUT2D eigenvalue weighted by atomic mass is 9.94. The van der Waals surface area contributed by atoms with Gasteiger partial charge in [0.1, 0.15) is 6.04 Å². The largest absolute Gasteiger partial charge is 0.352 e. The highest BCUT2D eigenvalue weighted by Gasteiger charge is 2.31. The maximum absolute atomic E-state index is 13.8. The van der Waals surface area contributed by atoms with Gasteiger partial charge < -0.3 is 10.2 Å². The van der Waals surface area contributed by atoms with Gasteiger partial charge in [-0.05, 0) is 36.5 Å². The first-order chi connectivity index (χ1) is 19.4. The average molecular weight is 560 g/mol. The van der Waals surface area contributed by atoms with Crippen LogP contribution >= 0.6 is 11.8 Å². The zero-order valence-electron chi connectivity index (χ0n) is 23.0. The topological polar surface area (TPSA) is 92.6 Å². The van der Waals surface area contributed by atoms with Gasteiger partial charge in [-0.3, -0.25) is 19.7 Å². The highest BCUT2D eigenvalue weighted by Crippen LogP contribution is 2.22. The van der Waals surface area contributed by atoms with Gasteiger partial charge in [-0.25, -0.2) is 0 Å². The van der Waals surface area contributed by atoms with Crippen molar-refractivity contribution < 1.29 is 14.5 Å². The van der Waals surface area contributed by atoms with Gasteiger partial charge in [-0.15, -0.1) is 11.8 Å². The highest BCUT2D eigenvalue weighted by atomic mass is 32.2. The van der Waals surface area contributed by atoms with Crippen LogP contribution < -0.4 is 5.32 Å². The minimum atomic E-state index is -0.641. The predicted molar refractivity (Wildman–Crippen MR) is 160 cm³/mol. The van der Waals surface area contributed by atoms with E-state index in [1.807, 2.05) is 55.5 Å². The minimum Gasteiger partial charge on any atom is -0.352 e. The van der Waals surface area contributed by atoms with Crippen LogP contribution in [0.4, 0.5) is 5.69 Å². The number of nitro groups is 1. The Labute approximate surface area is 240 Å². The summed E-state index contributed by atoms with van der Waals surface area (Å²) < 4.78 is 0. The molecule has 1 N–H and O–H groups in total. The molecule has 2 amide bonds. The van der Waals surface area contributed by atoms with E-state index in [2.05, 4.69) is 11.4 Å². The number of amides is 2. The molecule has 0 saturated heterocycles. The van der Waals surface area contributed by atoms with Crippen molar-refractivity contribution in [1.29, 1.82) is 0 Å². The van der Waals surface area contributed by atoms with Gasteiger partial charge in [0.25, 0.3) is 5.69 Å². The van der Waals surface area contributed by atoms with E-state index in [-0.39, 0.29) is 29.3 Å². The maximum atomic E-state index is 13.8. The third kappa shape index (κ3) is 8.68. The Morgan fingerprint density at radius 2 is 1.65 bits per heavy atom. The summed E-state index contributed by atoms with van der Waals surface area (Å²) in [4.78, 5) is 39.9. The Kier molecular flexibility index (Phi) is 10.7. The van der Waals surface area contributed by atoms with Crippen molar-refractivity contribution >= 4 is 29.3 Å². The summed E-state index contributed by atoms with van der Waals surface area (Å²) in [6.45, 7) is 2.36. The molecular weight excluding hydrogens is 522 g/mol. The molecule has 1 saturated carbocycles. The summed E-state index contributed by atoms with van der Waals surface area (Å²) in [5, 5.41) is 14.2. The monoisotopic (exact) mass is 559 g/mol. The van der Waals surface area contributed by atoms with Crippen LogP contribution in [0.15, 0.2) is 78.9 Å². The number of thioether (sulfide) groups is 1. The van der Waals surface area contributed by atoms with Crippen molar-refractivity contribution in [2.45, 2.75) is 69.8 Å². The Bertz CT molecular complexity index is 1280. The van der Waals surface area contributed by atoms with Crippen LogP contribution in [0.25, 0.3) is 0 Å². The van der Waals surface area contributed by atoms with E-state index in [0.29, 0.717) is 18.7 Å². The smallest absolute Gasteiger partial charge is 0.269 e. The first-order valence-corrected chi connectivity index (χ1v) is 15.0. The quantitative estimate of drug-likeness (QED) is 0.210. The van der Waals surface area contributed by atoms with Crippen molar-refractivity contribution in [3.63, 3.8) is 0 Å². The SMILES string of the molecule is Cc1cccc(CN(C(=O)CSCc2ccc([N+](=O)[O-])cc2)[C@H](Cc2ccccc2)C(=O)NC2CCCCC2)c1. The fourth-order valence-corrected chi connectivity index (χ4v) is 6.03. The Hall–Kier alpha value is -3.65. The molecule has 4 rings (SSSR count). The van der Waals surface area contributed by atoms with E-state index in [0.717, 1.165) is 47.9 Å². The molecule has 3 aromatic rings. The zero-order chi connectivity index (χ0) is 28.3. The molecule has 3 aromatic carbocycles. The highest BCUT2D eigenvalue weighted by molar-refractivity contribution is 7.99. The molecule has 0 spiro atoms. The van der Waals surface area contributed by atoms with Crippen LogP contribution in [-0.4, -0.2) is 39.5 Å². The summed E-state index contributed by atoms with van der Waals surface area (Å²) in [5.74, 6) is 0.537. The summed E-state index contributed by atoms with van der Waals surface area (Å²) >= 11 is 1.45. The van der Waals surface area contributed by atoms with E-state index < -0.39 is 11.0 Å². The summed E-state index contributed by atoms with van der Waals surface area (Å²) in [6.07, 6.45) is 5.80. The van der Waals surface area contributed by atoms with Crippen molar-refractivity contribution in [1.82, 2.24) is 10.2 Å². The second-order valence-corrected chi connectivity index (χ2v) is 11.5. The van der Waals surface area contributed by atoms with Crippen LogP contribution in [0.5, 0.6) is 0 Å². The number of non-ortho nitro benzene ring substituents is 1. The van der Waals surface area contributed by atoms with E-state index in [1.54, 1.807) is 17.0 Å². The van der Waals surface area contributed by atoms with Crippen molar-refractivity contribution in [3.8, 4) is 0 Å². The van der Waals surface area contributed by atoms with E-state index >= 15 is 0 Å². The number of hydrogen-bond acceptors (Lipinski definition) is 5. The van der Waals surface area contributed by atoms with E-state index in [9.17, 15) is 19.7 Å². The first-order valence-electron chi connectivity index (χ1n) is 13.9. The van der Waals surface area contributed by atoms with Crippen molar-refractivity contribution in [2.75, 3.05) is 5.75 Å². The number of nitrogens with one attached hydrogen (secondary N) is 1. The molecule has 0 aromatic heterocycles. The first kappa shape index (κ1) is 29.3. The Balaban J connectivity index is 1.54. The third-order valence-electron chi connectivity index (χ3n) is 7.30. The van der Waals surface area contributed by atoms with Gasteiger partial charge in [0, 0.05) is 36.9 Å². The van der Waals surface area contributed by atoms with Crippen LogP contribution in [0, 0.1) is 17.0 Å². The molecule has 0 radical (unpaired) electrons. The molecule has 1 aliphatic rings. The normalized spacial score (nSPS) is 14.3. The summed E-state index contributed by atoms with van der Waals surface area (Å²) in [6, 6.07) is 23.8. The average Bonchev–Trinajstić information content (AvgIpc) is 2.96. The van der Waals surface area contributed by atoms with Crippen LogP contribution in [0.2, 0.25) is 0 Å². The lowest BCUT2D eigenvalue weighted by Crippen LogP contribution is -2.53. The molecule has 0 aliphatic heterocycles. The van der Waals surface area contributed by atoms with Gasteiger partial charge in [-0.2, -0.15) is 0 Å². The number of carbonyl (C=O) groups is 2. The predicted octanol–water partition coefficient (Wildman–Crippen LogP) is 6.23. The van der Waals surface area contributed by atoms with Gasteiger partial charge in [0.05, 0.1) is 10.7 Å². The number of carbonyl (C=O) groups excluding carboxylic acids is 2. The molecule has 1 aliphatic carbocycles. The van der Waals surface area contributed by atoms with Gasteiger partial charge >= 0.3 is 0 Å². The maximum Gasteiger partial charge on any atom is 0.269 e. The molecular formula is C32H37N3O4S. The third-order valence-corrected chi connectivity index (χ3v) is 8.29.